The lowest BCUT2D eigenvalue weighted by Gasteiger charge is -2.14. The highest BCUT2D eigenvalue weighted by atomic mass is 16.1. The first-order valence-corrected chi connectivity index (χ1v) is 6.22. The van der Waals surface area contributed by atoms with Gasteiger partial charge >= 0.3 is 0 Å². The van der Waals surface area contributed by atoms with Crippen LogP contribution in [0.25, 0.3) is 0 Å². The van der Waals surface area contributed by atoms with Crippen LogP contribution in [0, 0.1) is 0 Å². The molecule has 1 amide bonds. The van der Waals surface area contributed by atoms with Gasteiger partial charge in [0, 0.05) is 12.2 Å². The molecule has 4 heteroatoms. The Hall–Kier alpha value is -2.36. The van der Waals surface area contributed by atoms with Gasteiger partial charge in [-0.1, -0.05) is 30.3 Å². The molecule has 1 aromatic heterocycles. The first-order chi connectivity index (χ1) is 9.16. The van der Waals surface area contributed by atoms with Gasteiger partial charge in [0.25, 0.3) is 5.91 Å². The van der Waals surface area contributed by atoms with Crippen LogP contribution in [0.5, 0.6) is 0 Å². The Kier molecular flexibility index (Phi) is 4.13. The fourth-order valence-corrected chi connectivity index (χ4v) is 1.92. The molecule has 0 radical (unpaired) electrons. The number of carbonyl (C=O) groups excluding carboxylic acids is 1. The van der Waals surface area contributed by atoms with Crippen molar-refractivity contribution >= 4 is 11.6 Å². The van der Waals surface area contributed by atoms with Crippen LogP contribution in [0.3, 0.4) is 0 Å². The lowest BCUT2D eigenvalue weighted by atomic mass is 10.1. The van der Waals surface area contributed by atoms with E-state index >= 15 is 0 Å². The Bertz CT molecular complexity index is 554. The smallest absolute Gasteiger partial charge is 0.272 e. The lowest BCUT2D eigenvalue weighted by molar-refractivity contribution is 0.0936. The lowest BCUT2D eigenvalue weighted by Crippen LogP contribution is -2.35. The van der Waals surface area contributed by atoms with Gasteiger partial charge in [0.05, 0.1) is 5.69 Å². The van der Waals surface area contributed by atoms with Crippen molar-refractivity contribution in [3.63, 3.8) is 0 Å². The molecule has 1 heterocycles. The second-order valence-electron chi connectivity index (χ2n) is 4.51. The number of carbonyl (C=O) groups is 1. The van der Waals surface area contributed by atoms with Crippen LogP contribution in [-0.4, -0.2) is 16.9 Å². The standard InChI is InChI=1S/C15H17N3O/c1-11(10-12-6-3-2-4-7-12)18-15(19)14-13(16)8-5-9-17-14/h2-9,11H,10,16H2,1H3,(H,18,19). The van der Waals surface area contributed by atoms with Gasteiger partial charge in [-0.25, -0.2) is 4.98 Å². The third kappa shape index (κ3) is 3.55. The Labute approximate surface area is 112 Å². The topological polar surface area (TPSA) is 68.0 Å². The molecule has 1 unspecified atom stereocenters. The number of nitrogen functional groups attached to an aromatic ring is 1. The highest BCUT2D eigenvalue weighted by Crippen LogP contribution is 2.08. The molecule has 19 heavy (non-hydrogen) atoms. The Morgan fingerprint density at radius 2 is 2.00 bits per heavy atom. The maximum absolute atomic E-state index is 12.0. The highest BCUT2D eigenvalue weighted by Gasteiger charge is 2.13. The minimum absolute atomic E-state index is 0.0244. The second kappa shape index (κ2) is 6.00. The van der Waals surface area contributed by atoms with Crippen LogP contribution < -0.4 is 11.1 Å². The van der Waals surface area contributed by atoms with Crippen LogP contribution in [-0.2, 0) is 6.42 Å². The van der Waals surface area contributed by atoms with Gasteiger partial charge in [0.1, 0.15) is 0 Å². The van der Waals surface area contributed by atoms with Gasteiger partial charge in [-0.2, -0.15) is 0 Å². The van der Waals surface area contributed by atoms with Crippen molar-refractivity contribution in [3.8, 4) is 0 Å². The summed E-state index contributed by atoms with van der Waals surface area (Å²) in [5.74, 6) is -0.235. The fourth-order valence-electron chi connectivity index (χ4n) is 1.92. The maximum Gasteiger partial charge on any atom is 0.272 e. The number of hydrogen-bond acceptors (Lipinski definition) is 3. The number of aromatic nitrogens is 1. The van der Waals surface area contributed by atoms with E-state index in [4.69, 9.17) is 5.73 Å². The molecule has 98 valence electrons. The monoisotopic (exact) mass is 255 g/mol. The number of benzene rings is 1. The van der Waals surface area contributed by atoms with Crippen molar-refractivity contribution in [1.29, 1.82) is 0 Å². The Morgan fingerprint density at radius 3 is 2.68 bits per heavy atom. The molecule has 0 saturated carbocycles. The number of anilines is 1. The minimum atomic E-state index is -0.235. The van der Waals surface area contributed by atoms with E-state index in [-0.39, 0.29) is 17.6 Å². The highest BCUT2D eigenvalue weighted by molar-refractivity contribution is 5.97. The Balaban J connectivity index is 1.98. The van der Waals surface area contributed by atoms with E-state index in [9.17, 15) is 4.79 Å². The number of hydrogen-bond donors (Lipinski definition) is 2. The fraction of sp³-hybridized carbons (Fsp3) is 0.200. The molecule has 1 aromatic carbocycles. The van der Waals surface area contributed by atoms with E-state index < -0.39 is 0 Å². The SMILES string of the molecule is CC(Cc1ccccc1)NC(=O)c1ncccc1N. The van der Waals surface area contributed by atoms with Crippen molar-refractivity contribution in [2.75, 3.05) is 5.73 Å². The van der Waals surface area contributed by atoms with Gasteiger partial charge in [0.15, 0.2) is 5.69 Å². The molecule has 0 aliphatic rings. The van der Waals surface area contributed by atoms with E-state index in [1.165, 1.54) is 5.56 Å². The molecule has 2 rings (SSSR count). The summed E-state index contributed by atoms with van der Waals surface area (Å²) in [6.45, 7) is 1.96. The number of pyridine rings is 1. The molecule has 0 bridgehead atoms. The molecular weight excluding hydrogens is 238 g/mol. The quantitative estimate of drug-likeness (QED) is 0.878. The number of nitrogens with two attached hydrogens (primary N) is 1. The van der Waals surface area contributed by atoms with E-state index in [1.54, 1.807) is 18.3 Å². The first kappa shape index (κ1) is 13.1. The summed E-state index contributed by atoms with van der Waals surface area (Å²) in [7, 11) is 0. The third-order valence-corrected chi connectivity index (χ3v) is 2.82. The Morgan fingerprint density at radius 1 is 1.26 bits per heavy atom. The third-order valence-electron chi connectivity index (χ3n) is 2.82. The van der Waals surface area contributed by atoms with Crippen LogP contribution >= 0.6 is 0 Å². The van der Waals surface area contributed by atoms with Crippen molar-refractivity contribution in [2.24, 2.45) is 0 Å². The summed E-state index contributed by atoms with van der Waals surface area (Å²) in [6, 6.07) is 13.4. The molecule has 3 N–H and O–H groups in total. The van der Waals surface area contributed by atoms with Gasteiger partial charge in [-0.3, -0.25) is 4.79 Å². The van der Waals surface area contributed by atoms with Crippen molar-refractivity contribution < 1.29 is 4.79 Å². The zero-order valence-corrected chi connectivity index (χ0v) is 10.8. The molecule has 2 aromatic rings. The van der Waals surface area contributed by atoms with Gasteiger partial charge in [0.2, 0.25) is 0 Å². The van der Waals surface area contributed by atoms with Gasteiger partial charge in [-0.15, -0.1) is 0 Å². The average Bonchev–Trinajstić information content (AvgIpc) is 2.40. The summed E-state index contributed by atoms with van der Waals surface area (Å²) < 4.78 is 0. The molecular formula is C15H17N3O. The van der Waals surface area contributed by atoms with Crippen molar-refractivity contribution in [1.82, 2.24) is 10.3 Å². The summed E-state index contributed by atoms with van der Waals surface area (Å²) in [5.41, 5.74) is 7.59. The van der Waals surface area contributed by atoms with E-state index in [2.05, 4.69) is 10.3 Å². The number of amides is 1. The minimum Gasteiger partial charge on any atom is -0.397 e. The van der Waals surface area contributed by atoms with E-state index in [1.807, 2.05) is 37.3 Å². The number of nitrogens with zero attached hydrogens (tertiary/aromatic N) is 1. The summed E-state index contributed by atoms with van der Waals surface area (Å²) in [6.07, 6.45) is 2.34. The normalized spacial score (nSPS) is 11.8. The summed E-state index contributed by atoms with van der Waals surface area (Å²) in [4.78, 5) is 16.0. The number of nitrogens with one attached hydrogen (secondary N) is 1. The summed E-state index contributed by atoms with van der Waals surface area (Å²) >= 11 is 0. The van der Waals surface area contributed by atoms with Crippen LogP contribution in [0.15, 0.2) is 48.7 Å². The number of rotatable bonds is 4. The van der Waals surface area contributed by atoms with Gasteiger partial charge < -0.3 is 11.1 Å². The second-order valence-corrected chi connectivity index (χ2v) is 4.51. The largest absolute Gasteiger partial charge is 0.397 e. The molecule has 0 aliphatic carbocycles. The maximum atomic E-state index is 12.0. The van der Waals surface area contributed by atoms with Crippen molar-refractivity contribution in [2.45, 2.75) is 19.4 Å². The zero-order valence-electron chi connectivity index (χ0n) is 10.8. The first-order valence-electron chi connectivity index (χ1n) is 6.22. The molecule has 1 atom stereocenters. The van der Waals surface area contributed by atoms with Gasteiger partial charge in [-0.05, 0) is 31.0 Å². The van der Waals surface area contributed by atoms with Crippen LogP contribution in [0.4, 0.5) is 5.69 Å². The molecule has 0 spiro atoms. The molecule has 0 fully saturated rings. The predicted molar refractivity (Wildman–Crippen MR) is 75.7 cm³/mol. The van der Waals surface area contributed by atoms with E-state index in [0.717, 1.165) is 6.42 Å². The summed E-state index contributed by atoms with van der Waals surface area (Å²) in [5, 5.41) is 2.90. The predicted octanol–water partition coefficient (Wildman–Crippen LogP) is 2.02. The molecule has 4 nitrogen and oxygen atoms in total. The molecule has 0 aliphatic heterocycles. The zero-order chi connectivity index (χ0) is 13.7. The average molecular weight is 255 g/mol. The van der Waals surface area contributed by atoms with Crippen LogP contribution in [0.1, 0.15) is 23.0 Å². The van der Waals surface area contributed by atoms with Crippen molar-refractivity contribution in [3.05, 3.63) is 59.9 Å². The van der Waals surface area contributed by atoms with Crippen LogP contribution in [0.2, 0.25) is 0 Å². The van der Waals surface area contributed by atoms with E-state index in [0.29, 0.717) is 5.69 Å². The molecule has 0 saturated heterocycles.